The summed E-state index contributed by atoms with van der Waals surface area (Å²) in [6, 6.07) is 22.7. The van der Waals surface area contributed by atoms with Crippen LogP contribution in [0.3, 0.4) is 0 Å². The van der Waals surface area contributed by atoms with Crippen molar-refractivity contribution in [2.45, 2.75) is 20.8 Å². The Balaban J connectivity index is 1.77. The van der Waals surface area contributed by atoms with Crippen LogP contribution in [0.4, 0.5) is 5.69 Å². The zero-order valence-corrected chi connectivity index (χ0v) is 16.4. The molecule has 0 amide bonds. The van der Waals surface area contributed by atoms with Crippen LogP contribution < -0.4 is 4.74 Å². The Kier molecular flexibility index (Phi) is 5.92. The first-order valence-corrected chi connectivity index (χ1v) is 9.26. The maximum atomic E-state index is 6.12. The second-order valence-corrected chi connectivity index (χ2v) is 6.71. The summed E-state index contributed by atoms with van der Waals surface area (Å²) in [4.78, 5) is 6.63. The molecule has 0 aliphatic heterocycles. The Labute approximate surface area is 162 Å². The number of hydrogen-bond donors (Lipinski definition) is 0. The SMILES string of the molecule is CCN(C)/C=N\c1cc(C)c(Oc2ccc(-c3ccccc3)cc2)cc1C. The lowest BCUT2D eigenvalue weighted by Crippen LogP contribution is -2.14. The zero-order chi connectivity index (χ0) is 19.2. The minimum Gasteiger partial charge on any atom is -0.457 e. The van der Waals surface area contributed by atoms with E-state index in [1.807, 2.05) is 48.6 Å². The van der Waals surface area contributed by atoms with Gasteiger partial charge in [0.15, 0.2) is 0 Å². The lowest BCUT2D eigenvalue weighted by molar-refractivity contribution is 0.478. The molecule has 0 atom stereocenters. The van der Waals surface area contributed by atoms with Gasteiger partial charge in [0.1, 0.15) is 11.5 Å². The predicted octanol–water partition coefficient (Wildman–Crippen LogP) is 6.37. The normalized spacial score (nSPS) is 11.0. The number of benzene rings is 3. The lowest BCUT2D eigenvalue weighted by Gasteiger charge is -2.13. The minimum absolute atomic E-state index is 0.833. The van der Waals surface area contributed by atoms with Crippen LogP contribution in [0.25, 0.3) is 11.1 Å². The van der Waals surface area contributed by atoms with Gasteiger partial charge >= 0.3 is 0 Å². The maximum absolute atomic E-state index is 6.12. The first kappa shape index (κ1) is 18.7. The topological polar surface area (TPSA) is 24.8 Å². The zero-order valence-electron chi connectivity index (χ0n) is 16.4. The van der Waals surface area contributed by atoms with Crippen LogP contribution in [0, 0.1) is 13.8 Å². The largest absolute Gasteiger partial charge is 0.457 e. The van der Waals surface area contributed by atoms with E-state index in [0.29, 0.717) is 0 Å². The maximum Gasteiger partial charge on any atom is 0.130 e. The molecule has 3 rings (SSSR count). The average molecular weight is 358 g/mol. The van der Waals surface area contributed by atoms with E-state index in [1.54, 1.807) is 0 Å². The van der Waals surface area contributed by atoms with Crippen LogP contribution >= 0.6 is 0 Å². The van der Waals surface area contributed by atoms with Crippen molar-refractivity contribution in [3.63, 3.8) is 0 Å². The van der Waals surface area contributed by atoms with Crippen molar-refractivity contribution >= 4 is 12.0 Å². The van der Waals surface area contributed by atoms with Gasteiger partial charge in [0.2, 0.25) is 0 Å². The summed E-state index contributed by atoms with van der Waals surface area (Å²) in [6.45, 7) is 7.14. The third-order valence-corrected chi connectivity index (χ3v) is 4.58. The Hall–Kier alpha value is -3.07. The van der Waals surface area contributed by atoms with Crippen molar-refractivity contribution in [1.29, 1.82) is 0 Å². The van der Waals surface area contributed by atoms with Crippen LogP contribution in [0.2, 0.25) is 0 Å². The fourth-order valence-electron chi connectivity index (χ4n) is 2.74. The molecule has 0 spiro atoms. The predicted molar refractivity (Wildman–Crippen MR) is 114 cm³/mol. The highest BCUT2D eigenvalue weighted by Crippen LogP contribution is 2.32. The standard InChI is InChI=1S/C24H26N2O/c1-5-26(4)17-25-23-15-19(3)24(16-18(23)2)27-22-13-11-21(12-14-22)20-9-7-6-8-10-20/h6-17H,5H2,1-4H3/b25-17-. The summed E-state index contributed by atoms with van der Waals surface area (Å²) < 4.78 is 6.12. The number of aryl methyl sites for hydroxylation is 2. The van der Waals surface area contributed by atoms with Crippen LogP contribution in [-0.4, -0.2) is 24.8 Å². The molecular formula is C24H26N2O. The van der Waals surface area contributed by atoms with E-state index in [2.05, 4.69) is 62.2 Å². The third kappa shape index (κ3) is 4.76. The van der Waals surface area contributed by atoms with Gasteiger partial charge in [-0.15, -0.1) is 0 Å². The number of rotatable bonds is 6. The van der Waals surface area contributed by atoms with E-state index in [9.17, 15) is 0 Å². The Morgan fingerprint density at radius 2 is 1.56 bits per heavy atom. The fraction of sp³-hybridized carbons (Fsp3) is 0.208. The Morgan fingerprint density at radius 3 is 2.22 bits per heavy atom. The number of nitrogens with zero attached hydrogens (tertiary/aromatic N) is 2. The molecule has 3 aromatic carbocycles. The average Bonchev–Trinajstić information content (AvgIpc) is 2.70. The summed E-state index contributed by atoms with van der Waals surface area (Å²) in [5.74, 6) is 1.70. The van der Waals surface area contributed by atoms with E-state index in [-0.39, 0.29) is 0 Å². The molecule has 0 aromatic heterocycles. The summed E-state index contributed by atoms with van der Waals surface area (Å²) in [7, 11) is 2.02. The molecule has 0 fully saturated rings. The van der Waals surface area contributed by atoms with E-state index in [1.165, 1.54) is 11.1 Å². The van der Waals surface area contributed by atoms with Crippen molar-refractivity contribution in [2.24, 2.45) is 4.99 Å². The van der Waals surface area contributed by atoms with E-state index in [4.69, 9.17) is 4.74 Å². The molecule has 138 valence electrons. The summed E-state index contributed by atoms with van der Waals surface area (Å²) in [6.07, 6.45) is 1.87. The highest BCUT2D eigenvalue weighted by Gasteiger charge is 2.07. The highest BCUT2D eigenvalue weighted by atomic mass is 16.5. The molecule has 0 aliphatic carbocycles. The fourth-order valence-corrected chi connectivity index (χ4v) is 2.74. The van der Waals surface area contributed by atoms with Crippen LogP contribution in [0.1, 0.15) is 18.1 Å². The molecule has 0 bridgehead atoms. The molecule has 3 aromatic rings. The van der Waals surface area contributed by atoms with Crippen molar-refractivity contribution in [2.75, 3.05) is 13.6 Å². The van der Waals surface area contributed by atoms with Crippen LogP contribution in [-0.2, 0) is 0 Å². The Bertz CT molecular complexity index is 915. The first-order valence-electron chi connectivity index (χ1n) is 9.26. The molecule has 0 saturated carbocycles. The number of ether oxygens (including phenoxy) is 1. The minimum atomic E-state index is 0.833. The van der Waals surface area contributed by atoms with E-state index < -0.39 is 0 Å². The second-order valence-electron chi connectivity index (χ2n) is 6.71. The Morgan fingerprint density at radius 1 is 0.889 bits per heavy atom. The van der Waals surface area contributed by atoms with Gasteiger partial charge in [-0.05, 0) is 67.3 Å². The number of aliphatic imine (C=N–C) groups is 1. The molecule has 0 aliphatic rings. The summed E-state index contributed by atoms with van der Waals surface area (Å²) in [5, 5.41) is 0. The monoisotopic (exact) mass is 358 g/mol. The van der Waals surface area contributed by atoms with E-state index in [0.717, 1.165) is 34.9 Å². The molecule has 0 heterocycles. The first-order chi connectivity index (χ1) is 13.1. The molecule has 3 nitrogen and oxygen atoms in total. The summed E-state index contributed by atoms with van der Waals surface area (Å²) >= 11 is 0. The lowest BCUT2D eigenvalue weighted by atomic mass is 10.1. The van der Waals surface area contributed by atoms with Gasteiger partial charge < -0.3 is 9.64 Å². The van der Waals surface area contributed by atoms with Crippen molar-refractivity contribution in [1.82, 2.24) is 4.90 Å². The molecule has 27 heavy (non-hydrogen) atoms. The van der Waals surface area contributed by atoms with Gasteiger partial charge in [-0.2, -0.15) is 0 Å². The highest BCUT2D eigenvalue weighted by molar-refractivity contribution is 5.65. The molecule has 0 unspecified atom stereocenters. The molecule has 0 saturated heterocycles. The van der Waals surface area contributed by atoms with Gasteiger partial charge in [-0.1, -0.05) is 42.5 Å². The smallest absolute Gasteiger partial charge is 0.130 e. The van der Waals surface area contributed by atoms with Gasteiger partial charge in [-0.3, -0.25) is 0 Å². The van der Waals surface area contributed by atoms with Gasteiger partial charge in [-0.25, -0.2) is 4.99 Å². The van der Waals surface area contributed by atoms with Gasteiger partial charge in [0, 0.05) is 13.6 Å². The van der Waals surface area contributed by atoms with Gasteiger partial charge in [0.05, 0.1) is 12.0 Å². The van der Waals surface area contributed by atoms with Crippen molar-refractivity contribution in [3.8, 4) is 22.6 Å². The summed E-state index contributed by atoms with van der Waals surface area (Å²) in [5.41, 5.74) is 5.52. The van der Waals surface area contributed by atoms with Crippen LogP contribution in [0.15, 0.2) is 71.7 Å². The van der Waals surface area contributed by atoms with Crippen molar-refractivity contribution in [3.05, 3.63) is 77.9 Å². The van der Waals surface area contributed by atoms with Crippen molar-refractivity contribution < 1.29 is 4.74 Å². The van der Waals surface area contributed by atoms with Gasteiger partial charge in [0.25, 0.3) is 0 Å². The number of hydrogen-bond acceptors (Lipinski definition) is 2. The second kappa shape index (κ2) is 8.54. The molecule has 0 N–H and O–H groups in total. The molecular weight excluding hydrogens is 332 g/mol. The molecule has 3 heteroatoms. The van der Waals surface area contributed by atoms with Crippen LogP contribution in [0.5, 0.6) is 11.5 Å². The third-order valence-electron chi connectivity index (χ3n) is 4.58. The quantitative estimate of drug-likeness (QED) is 0.377. The molecule has 0 radical (unpaired) electrons. The van der Waals surface area contributed by atoms with E-state index >= 15 is 0 Å².